The molecular weight excluding hydrogens is 238 g/mol. The van der Waals surface area contributed by atoms with E-state index in [2.05, 4.69) is 17.2 Å². The van der Waals surface area contributed by atoms with E-state index in [9.17, 15) is 5.11 Å². The van der Waals surface area contributed by atoms with Crippen LogP contribution >= 0.6 is 0 Å². The van der Waals surface area contributed by atoms with Crippen LogP contribution in [0.5, 0.6) is 5.75 Å². The number of piperidine rings is 1. The topological polar surface area (TPSA) is 60.9 Å². The number of phenols is 1. The minimum absolute atomic E-state index is 0.127. The van der Waals surface area contributed by atoms with E-state index < -0.39 is 0 Å². The third-order valence-electron chi connectivity index (χ3n) is 4.17. The Hall–Kier alpha value is -1.55. The molecule has 19 heavy (non-hydrogen) atoms. The fourth-order valence-electron chi connectivity index (χ4n) is 3.23. The molecule has 1 saturated heterocycles. The zero-order chi connectivity index (χ0) is 13.3. The average Bonchev–Trinajstić information content (AvgIpc) is 2.83. The number of rotatable bonds is 3. The number of aromatic hydroxyl groups is 1. The first kappa shape index (κ1) is 12.5. The van der Waals surface area contributed by atoms with Gasteiger partial charge in [0.1, 0.15) is 11.6 Å². The van der Waals surface area contributed by atoms with Gasteiger partial charge < -0.3 is 15.4 Å². The maximum Gasteiger partial charge on any atom is 0.117 e. The largest absolute Gasteiger partial charge is 0.508 e. The van der Waals surface area contributed by atoms with Crippen molar-refractivity contribution >= 4 is 11.0 Å². The number of aromatic amines is 1. The SMILES string of the molecule is CCCC1(c2nc3ccc(O)cc3[nH]2)CCCNC1. The van der Waals surface area contributed by atoms with Crippen LogP contribution in [0.15, 0.2) is 18.2 Å². The molecule has 1 atom stereocenters. The highest BCUT2D eigenvalue weighted by Gasteiger charge is 2.35. The Morgan fingerprint density at radius 3 is 3.05 bits per heavy atom. The Labute approximate surface area is 113 Å². The van der Waals surface area contributed by atoms with Gasteiger partial charge in [0.15, 0.2) is 0 Å². The van der Waals surface area contributed by atoms with Gasteiger partial charge in [-0.2, -0.15) is 0 Å². The highest BCUT2D eigenvalue weighted by Crippen LogP contribution is 2.35. The minimum Gasteiger partial charge on any atom is -0.508 e. The van der Waals surface area contributed by atoms with E-state index >= 15 is 0 Å². The van der Waals surface area contributed by atoms with Crippen molar-refractivity contribution in [3.63, 3.8) is 0 Å². The van der Waals surface area contributed by atoms with Gasteiger partial charge in [-0.25, -0.2) is 4.98 Å². The Balaban J connectivity index is 2.04. The standard InChI is InChI=1S/C15H21N3O/c1-2-6-15(7-3-8-16-10-15)14-17-12-5-4-11(19)9-13(12)18-14/h4-5,9,16,19H,2-3,6-8,10H2,1H3,(H,17,18). The monoisotopic (exact) mass is 259 g/mol. The average molecular weight is 259 g/mol. The number of benzene rings is 1. The van der Waals surface area contributed by atoms with Gasteiger partial charge in [0.25, 0.3) is 0 Å². The molecule has 1 unspecified atom stereocenters. The lowest BCUT2D eigenvalue weighted by molar-refractivity contribution is 0.278. The minimum atomic E-state index is 0.127. The summed E-state index contributed by atoms with van der Waals surface area (Å²) in [6.45, 7) is 4.32. The summed E-state index contributed by atoms with van der Waals surface area (Å²) >= 11 is 0. The summed E-state index contributed by atoms with van der Waals surface area (Å²) in [5.41, 5.74) is 1.99. The summed E-state index contributed by atoms with van der Waals surface area (Å²) in [5.74, 6) is 1.36. The van der Waals surface area contributed by atoms with Crippen LogP contribution in [0.1, 0.15) is 38.4 Å². The molecule has 4 nitrogen and oxygen atoms in total. The molecule has 0 aliphatic carbocycles. The molecule has 1 aromatic heterocycles. The van der Waals surface area contributed by atoms with E-state index in [-0.39, 0.29) is 11.2 Å². The third-order valence-corrected chi connectivity index (χ3v) is 4.17. The second kappa shape index (κ2) is 4.85. The van der Waals surface area contributed by atoms with Crippen LogP contribution in [0.4, 0.5) is 0 Å². The zero-order valence-corrected chi connectivity index (χ0v) is 11.4. The number of aromatic nitrogens is 2. The van der Waals surface area contributed by atoms with Gasteiger partial charge in [-0.1, -0.05) is 13.3 Å². The Morgan fingerprint density at radius 1 is 1.42 bits per heavy atom. The highest BCUT2D eigenvalue weighted by atomic mass is 16.3. The van der Waals surface area contributed by atoms with Crippen LogP contribution in [0.25, 0.3) is 11.0 Å². The van der Waals surface area contributed by atoms with Gasteiger partial charge in [-0.3, -0.25) is 0 Å². The van der Waals surface area contributed by atoms with E-state index in [4.69, 9.17) is 4.98 Å². The van der Waals surface area contributed by atoms with Crippen molar-refractivity contribution in [3.05, 3.63) is 24.0 Å². The van der Waals surface area contributed by atoms with E-state index in [0.29, 0.717) is 0 Å². The molecule has 0 bridgehead atoms. The van der Waals surface area contributed by atoms with Crippen molar-refractivity contribution in [1.82, 2.24) is 15.3 Å². The molecule has 1 fully saturated rings. The summed E-state index contributed by atoms with van der Waals surface area (Å²) in [4.78, 5) is 8.18. The molecule has 4 heteroatoms. The molecule has 3 N–H and O–H groups in total. The van der Waals surface area contributed by atoms with Gasteiger partial charge >= 0.3 is 0 Å². The lowest BCUT2D eigenvalue weighted by atomic mass is 9.76. The quantitative estimate of drug-likeness (QED) is 0.794. The van der Waals surface area contributed by atoms with Gasteiger partial charge in [0.2, 0.25) is 0 Å². The van der Waals surface area contributed by atoms with E-state index in [1.54, 1.807) is 12.1 Å². The summed E-state index contributed by atoms with van der Waals surface area (Å²) in [6.07, 6.45) is 4.68. The van der Waals surface area contributed by atoms with Crippen LogP contribution in [0.3, 0.4) is 0 Å². The predicted molar refractivity (Wildman–Crippen MR) is 76.4 cm³/mol. The van der Waals surface area contributed by atoms with Crippen LogP contribution in [-0.2, 0) is 5.41 Å². The van der Waals surface area contributed by atoms with Gasteiger partial charge in [-0.15, -0.1) is 0 Å². The molecule has 0 amide bonds. The van der Waals surface area contributed by atoms with Crippen LogP contribution in [-0.4, -0.2) is 28.2 Å². The van der Waals surface area contributed by atoms with Crippen molar-refractivity contribution in [2.45, 2.75) is 38.0 Å². The summed E-state index contributed by atoms with van der Waals surface area (Å²) in [7, 11) is 0. The van der Waals surface area contributed by atoms with Crippen LogP contribution < -0.4 is 5.32 Å². The highest BCUT2D eigenvalue weighted by molar-refractivity contribution is 5.76. The fourth-order valence-corrected chi connectivity index (χ4v) is 3.23. The molecule has 0 radical (unpaired) electrons. The number of nitrogens with one attached hydrogen (secondary N) is 2. The summed E-state index contributed by atoms with van der Waals surface area (Å²) in [5, 5.41) is 13.1. The first-order valence-corrected chi connectivity index (χ1v) is 7.13. The lowest BCUT2D eigenvalue weighted by Crippen LogP contribution is -2.44. The van der Waals surface area contributed by atoms with Crippen molar-refractivity contribution in [3.8, 4) is 5.75 Å². The van der Waals surface area contributed by atoms with Gasteiger partial charge in [-0.05, 0) is 37.9 Å². The molecule has 2 aromatic rings. The Kier molecular flexibility index (Phi) is 3.19. The molecule has 1 aliphatic heterocycles. The third kappa shape index (κ3) is 2.21. The van der Waals surface area contributed by atoms with Crippen molar-refractivity contribution in [2.75, 3.05) is 13.1 Å². The predicted octanol–water partition coefficient (Wildman–Crippen LogP) is 2.69. The second-order valence-electron chi connectivity index (χ2n) is 5.60. The van der Waals surface area contributed by atoms with Crippen LogP contribution in [0.2, 0.25) is 0 Å². The first-order chi connectivity index (χ1) is 9.23. The maximum atomic E-state index is 9.56. The van der Waals surface area contributed by atoms with E-state index in [1.165, 1.54) is 12.8 Å². The molecule has 102 valence electrons. The van der Waals surface area contributed by atoms with E-state index in [1.807, 2.05) is 6.07 Å². The van der Waals surface area contributed by atoms with Crippen molar-refractivity contribution in [2.24, 2.45) is 0 Å². The maximum absolute atomic E-state index is 9.56. The molecule has 3 rings (SSSR count). The normalized spacial score (nSPS) is 23.8. The molecule has 0 saturated carbocycles. The fraction of sp³-hybridized carbons (Fsp3) is 0.533. The van der Waals surface area contributed by atoms with Gasteiger partial charge in [0, 0.05) is 18.0 Å². The van der Waals surface area contributed by atoms with Crippen molar-refractivity contribution in [1.29, 1.82) is 0 Å². The van der Waals surface area contributed by atoms with Crippen LogP contribution in [0, 0.1) is 0 Å². The molecule has 1 aromatic carbocycles. The Bertz CT molecular complexity index is 564. The number of nitrogens with zero attached hydrogens (tertiary/aromatic N) is 1. The summed E-state index contributed by atoms with van der Waals surface area (Å²) in [6, 6.07) is 5.32. The Morgan fingerprint density at radius 2 is 2.32 bits per heavy atom. The zero-order valence-electron chi connectivity index (χ0n) is 11.4. The van der Waals surface area contributed by atoms with Gasteiger partial charge in [0.05, 0.1) is 11.0 Å². The number of hydrogen-bond donors (Lipinski definition) is 3. The number of H-pyrrole nitrogens is 1. The molecular formula is C15H21N3O. The second-order valence-corrected chi connectivity index (χ2v) is 5.60. The number of hydrogen-bond acceptors (Lipinski definition) is 3. The molecule has 2 heterocycles. The number of fused-ring (bicyclic) bond motifs is 1. The number of imidazole rings is 1. The van der Waals surface area contributed by atoms with Crippen molar-refractivity contribution < 1.29 is 5.11 Å². The smallest absolute Gasteiger partial charge is 0.117 e. The molecule has 1 aliphatic rings. The summed E-state index contributed by atoms with van der Waals surface area (Å²) < 4.78 is 0. The number of phenolic OH excluding ortho intramolecular Hbond substituents is 1. The lowest BCUT2D eigenvalue weighted by Gasteiger charge is -2.36. The molecule has 0 spiro atoms. The first-order valence-electron chi connectivity index (χ1n) is 7.13. The van der Waals surface area contributed by atoms with E-state index in [0.717, 1.165) is 42.8 Å².